The first-order valence-corrected chi connectivity index (χ1v) is 15.4. The molecule has 1 amide bonds. The minimum atomic E-state index is -3.79. The topological polar surface area (TPSA) is 108 Å². The van der Waals surface area contributed by atoms with E-state index in [0.29, 0.717) is 25.4 Å². The fraction of sp³-hybridized carbons (Fsp3) is 0.593. The second kappa shape index (κ2) is 13.7. The summed E-state index contributed by atoms with van der Waals surface area (Å²) in [4.78, 5) is 17.7. The van der Waals surface area contributed by atoms with Gasteiger partial charge in [0.1, 0.15) is 9.96 Å². The van der Waals surface area contributed by atoms with Gasteiger partial charge in [0.2, 0.25) is 0 Å². The van der Waals surface area contributed by atoms with Crippen LogP contribution in [0.3, 0.4) is 0 Å². The SMILES string of the molecule is C[C@@H]1CCCCO[C@@H](CN(C)C)[C@H](C)CN([C@@H](C)CO)C(=O)c2cc(NS(=O)(=O)c3cccs3)ccc2O1. The summed E-state index contributed by atoms with van der Waals surface area (Å²) in [5.74, 6) is 0.0445. The molecule has 0 fully saturated rings. The maximum atomic E-state index is 14.0. The standard InChI is InChI=1S/C27H41N3O6S2/c1-19-16-30(20(2)18-31)27(32)23-15-22(28-38(33,34)26-10-8-14-37-26)11-12-24(23)36-21(3)9-6-7-13-35-25(19)17-29(4)5/h8,10-12,14-15,19-21,25,28,31H,6-7,9,13,16-18H2,1-5H3/t19-,20+,21-,25+/m1/s1. The number of carbonyl (C=O) groups is 1. The van der Waals surface area contributed by atoms with Crippen molar-refractivity contribution < 1.29 is 27.8 Å². The first-order chi connectivity index (χ1) is 18.0. The molecule has 0 saturated carbocycles. The Bertz CT molecular complexity index is 1140. The van der Waals surface area contributed by atoms with Crippen molar-refractivity contribution in [2.24, 2.45) is 5.92 Å². The van der Waals surface area contributed by atoms with Gasteiger partial charge in [0.05, 0.1) is 30.4 Å². The van der Waals surface area contributed by atoms with Crippen molar-refractivity contribution in [2.75, 3.05) is 45.1 Å². The Morgan fingerprint density at radius 3 is 2.66 bits per heavy atom. The van der Waals surface area contributed by atoms with E-state index < -0.39 is 16.1 Å². The normalized spacial score (nSPS) is 22.9. The molecule has 1 aromatic heterocycles. The minimum absolute atomic E-state index is 0.0119. The van der Waals surface area contributed by atoms with Crippen molar-refractivity contribution in [3.05, 3.63) is 41.3 Å². The number of benzene rings is 1. The Hall–Kier alpha value is -2.18. The smallest absolute Gasteiger partial charge is 0.271 e. The summed E-state index contributed by atoms with van der Waals surface area (Å²) >= 11 is 1.12. The van der Waals surface area contributed by atoms with E-state index in [1.54, 1.807) is 35.4 Å². The number of hydrogen-bond acceptors (Lipinski definition) is 8. The number of amides is 1. The number of aliphatic hydroxyl groups is 1. The molecule has 1 aliphatic heterocycles. The number of ether oxygens (including phenoxy) is 2. The van der Waals surface area contributed by atoms with Gasteiger partial charge < -0.3 is 24.4 Å². The van der Waals surface area contributed by atoms with Crippen LogP contribution >= 0.6 is 11.3 Å². The zero-order chi connectivity index (χ0) is 27.9. The number of aliphatic hydroxyl groups excluding tert-OH is 1. The van der Waals surface area contributed by atoms with E-state index in [1.165, 1.54) is 12.1 Å². The number of nitrogens with zero attached hydrogens (tertiary/aromatic N) is 2. The van der Waals surface area contributed by atoms with E-state index in [0.717, 1.165) is 30.6 Å². The molecule has 212 valence electrons. The lowest BCUT2D eigenvalue weighted by atomic mass is 10.0. The molecule has 0 radical (unpaired) electrons. The third kappa shape index (κ3) is 8.16. The van der Waals surface area contributed by atoms with Crippen LogP contribution in [-0.2, 0) is 14.8 Å². The van der Waals surface area contributed by atoms with E-state index in [1.807, 2.05) is 21.0 Å². The van der Waals surface area contributed by atoms with Gasteiger partial charge in [-0.15, -0.1) is 11.3 Å². The van der Waals surface area contributed by atoms with Crippen LogP contribution in [0.25, 0.3) is 0 Å². The first-order valence-electron chi connectivity index (χ1n) is 13.1. The maximum Gasteiger partial charge on any atom is 0.271 e. The van der Waals surface area contributed by atoms with Gasteiger partial charge in [-0.2, -0.15) is 0 Å². The number of rotatable bonds is 7. The van der Waals surface area contributed by atoms with Crippen LogP contribution in [0.1, 0.15) is 50.4 Å². The number of thiophene rings is 1. The highest BCUT2D eigenvalue weighted by Crippen LogP contribution is 2.30. The largest absolute Gasteiger partial charge is 0.490 e. The summed E-state index contributed by atoms with van der Waals surface area (Å²) in [7, 11) is 0.195. The lowest BCUT2D eigenvalue weighted by Crippen LogP contribution is -2.47. The first kappa shape index (κ1) is 30.4. The number of fused-ring (bicyclic) bond motifs is 1. The molecule has 3 rings (SSSR count). The summed E-state index contributed by atoms with van der Waals surface area (Å²) in [5, 5.41) is 11.7. The molecule has 2 aromatic rings. The molecule has 9 nitrogen and oxygen atoms in total. The monoisotopic (exact) mass is 567 g/mol. The number of likely N-dealkylation sites (N-methyl/N-ethyl adjacent to an activating group) is 1. The summed E-state index contributed by atoms with van der Waals surface area (Å²) in [6, 6.07) is 7.51. The Morgan fingerprint density at radius 1 is 1.24 bits per heavy atom. The molecule has 0 spiro atoms. The zero-order valence-electron chi connectivity index (χ0n) is 22.9. The summed E-state index contributed by atoms with van der Waals surface area (Å²) in [6.45, 7) is 7.29. The van der Waals surface area contributed by atoms with Gasteiger partial charge in [-0.25, -0.2) is 8.42 Å². The van der Waals surface area contributed by atoms with Gasteiger partial charge in [0, 0.05) is 31.3 Å². The lowest BCUT2D eigenvalue weighted by molar-refractivity contribution is -0.0137. The molecule has 0 unspecified atom stereocenters. The maximum absolute atomic E-state index is 14.0. The van der Waals surface area contributed by atoms with E-state index in [-0.39, 0.29) is 46.1 Å². The van der Waals surface area contributed by atoms with Crippen molar-refractivity contribution in [3.8, 4) is 5.75 Å². The predicted octanol–water partition coefficient (Wildman–Crippen LogP) is 3.91. The Labute approximate surface area is 230 Å². The number of nitrogens with one attached hydrogen (secondary N) is 1. The van der Waals surface area contributed by atoms with Crippen molar-refractivity contribution >= 4 is 33.0 Å². The van der Waals surface area contributed by atoms with Crippen LogP contribution in [0.4, 0.5) is 5.69 Å². The van der Waals surface area contributed by atoms with Crippen molar-refractivity contribution in [3.63, 3.8) is 0 Å². The number of hydrogen-bond donors (Lipinski definition) is 2. The Morgan fingerprint density at radius 2 is 2.00 bits per heavy atom. The molecule has 1 aliphatic rings. The molecule has 1 aromatic carbocycles. The second-order valence-electron chi connectivity index (χ2n) is 10.3. The summed E-state index contributed by atoms with van der Waals surface area (Å²) in [6.07, 6.45) is 2.36. The predicted molar refractivity (Wildman–Crippen MR) is 151 cm³/mol. The molecule has 2 heterocycles. The fourth-order valence-corrected chi connectivity index (χ4v) is 6.47. The van der Waals surface area contributed by atoms with E-state index in [9.17, 15) is 18.3 Å². The average molecular weight is 568 g/mol. The molecule has 4 atom stereocenters. The summed E-state index contributed by atoms with van der Waals surface area (Å²) < 4.78 is 40.9. The fourth-order valence-electron chi connectivity index (χ4n) is 4.43. The van der Waals surface area contributed by atoms with Gasteiger partial charge in [-0.1, -0.05) is 13.0 Å². The van der Waals surface area contributed by atoms with E-state index in [4.69, 9.17) is 9.47 Å². The average Bonchev–Trinajstić information content (AvgIpc) is 3.42. The van der Waals surface area contributed by atoms with Gasteiger partial charge in [-0.05, 0) is 76.9 Å². The van der Waals surface area contributed by atoms with Gasteiger partial charge in [0.25, 0.3) is 15.9 Å². The minimum Gasteiger partial charge on any atom is -0.490 e. The highest BCUT2D eigenvalue weighted by Gasteiger charge is 2.30. The molecule has 38 heavy (non-hydrogen) atoms. The number of sulfonamides is 1. The highest BCUT2D eigenvalue weighted by molar-refractivity contribution is 7.94. The molecule has 2 N–H and O–H groups in total. The molecular formula is C27H41N3O6S2. The van der Waals surface area contributed by atoms with E-state index in [2.05, 4.69) is 16.5 Å². The lowest BCUT2D eigenvalue weighted by Gasteiger charge is -2.35. The van der Waals surface area contributed by atoms with E-state index >= 15 is 0 Å². The van der Waals surface area contributed by atoms with Crippen LogP contribution in [0, 0.1) is 5.92 Å². The highest BCUT2D eigenvalue weighted by atomic mass is 32.2. The van der Waals surface area contributed by atoms with Crippen LogP contribution in [-0.4, -0.2) is 87.9 Å². The number of carbonyl (C=O) groups excluding carboxylic acids is 1. The van der Waals surface area contributed by atoms with Gasteiger partial charge in [0.15, 0.2) is 0 Å². The second-order valence-corrected chi connectivity index (χ2v) is 13.2. The van der Waals surface area contributed by atoms with Crippen molar-refractivity contribution in [1.29, 1.82) is 0 Å². The molecule has 11 heteroatoms. The molecule has 0 bridgehead atoms. The van der Waals surface area contributed by atoms with Crippen LogP contribution in [0.5, 0.6) is 5.75 Å². The quantitative estimate of drug-likeness (QED) is 0.522. The summed E-state index contributed by atoms with van der Waals surface area (Å²) in [5.41, 5.74) is 0.513. The third-order valence-corrected chi connectivity index (χ3v) is 9.39. The van der Waals surface area contributed by atoms with Gasteiger partial charge >= 0.3 is 0 Å². The van der Waals surface area contributed by atoms with Crippen LogP contribution in [0.2, 0.25) is 0 Å². The van der Waals surface area contributed by atoms with Crippen LogP contribution < -0.4 is 9.46 Å². The number of anilines is 1. The molecule has 0 aliphatic carbocycles. The third-order valence-electron chi connectivity index (χ3n) is 6.61. The zero-order valence-corrected chi connectivity index (χ0v) is 24.6. The Balaban J connectivity index is 2.01. The molecular weight excluding hydrogens is 526 g/mol. The molecule has 0 saturated heterocycles. The van der Waals surface area contributed by atoms with Crippen LogP contribution in [0.15, 0.2) is 39.9 Å². The van der Waals surface area contributed by atoms with Gasteiger partial charge in [-0.3, -0.25) is 9.52 Å². The Kier molecular flexibility index (Phi) is 11.0. The van der Waals surface area contributed by atoms with Crippen molar-refractivity contribution in [2.45, 2.75) is 62.5 Å². The van der Waals surface area contributed by atoms with Crippen molar-refractivity contribution in [1.82, 2.24) is 9.80 Å².